The molecule has 0 saturated heterocycles. The fraction of sp³-hybridized carbons (Fsp3) is 0.462. The van der Waals surface area contributed by atoms with Crippen molar-refractivity contribution in [1.82, 2.24) is 0 Å². The largest absolute Gasteiger partial charge is 0.418 e. The summed E-state index contributed by atoms with van der Waals surface area (Å²) in [5.74, 6) is -0.513. The minimum absolute atomic E-state index is 0.0239. The topological polar surface area (TPSA) is 46.3 Å². The van der Waals surface area contributed by atoms with Crippen LogP contribution in [0.25, 0.3) is 0 Å². The van der Waals surface area contributed by atoms with Crippen molar-refractivity contribution < 1.29 is 18.0 Å². The van der Waals surface area contributed by atoms with E-state index in [0.29, 0.717) is 12.0 Å². The van der Waals surface area contributed by atoms with Gasteiger partial charge in [-0.2, -0.15) is 13.2 Å². The van der Waals surface area contributed by atoms with Crippen LogP contribution in [0.3, 0.4) is 0 Å². The molecule has 3 nitrogen and oxygen atoms in total. The molecule has 0 bridgehead atoms. The normalized spacial score (nSPS) is 19.2. The van der Waals surface area contributed by atoms with Gasteiger partial charge in [0.1, 0.15) is 0 Å². The Kier molecular flexibility index (Phi) is 3.54. The van der Waals surface area contributed by atoms with E-state index in [1.54, 1.807) is 6.07 Å². The van der Waals surface area contributed by atoms with Gasteiger partial charge in [-0.05, 0) is 30.5 Å². The van der Waals surface area contributed by atoms with Gasteiger partial charge in [0.2, 0.25) is 5.91 Å². The maximum atomic E-state index is 13.1. The minimum Gasteiger partial charge on any atom is -0.330 e. The lowest BCUT2D eigenvalue weighted by Gasteiger charge is -2.35. The third-order valence-electron chi connectivity index (χ3n) is 3.45. The van der Waals surface area contributed by atoms with Crippen LogP contribution in [0, 0.1) is 0 Å². The van der Waals surface area contributed by atoms with E-state index in [0.717, 1.165) is 6.07 Å². The number of rotatable bonds is 1. The van der Waals surface area contributed by atoms with E-state index in [4.69, 9.17) is 5.73 Å². The molecular weight excluding hydrogens is 257 g/mol. The van der Waals surface area contributed by atoms with Crippen molar-refractivity contribution in [3.63, 3.8) is 0 Å². The second-order valence-corrected chi connectivity index (χ2v) is 4.63. The van der Waals surface area contributed by atoms with E-state index in [9.17, 15) is 18.0 Å². The predicted molar refractivity (Wildman–Crippen MR) is 65.9 cm³/mol. The second-order valence-electron chi connectivity index (χ2n) is 4.63. The first kappa shape index (κ1) is 13.9. The first-order chi connectivity index (χ1) is 8.86. The van der Waals surface area contributed by atoms with E-state index in [2.05, 4.69) is 0 Å². The highest BCUT2D eigenvalue weighted by Gasteiger charge is 2.39. The maximum absolute atomic E-state index is 13.1. The van der Waals surface area contributed by atoms with Crippen molar-refractivity contribution in [3.05, 3.63) is 29.3 Å². The van der Waals surface area contributed by atoms with Gasteiger partial charge in [-0.15, -0.1) is 0 Å². The third-order valence-corrected chi connectivity index (χ3v) is 3.45. The summed E-state index contributed by atoms with van der Waals surface area (Å²) in [6.07, 6.45) is -3.89. The van der Waals surface area contributed by atoms with Crippen molar-refractivity contribution in [3.8, 4) is 0 Å². The summed E-state index contributed by atoms with van der Waals surface area (Å²) < 4.78 is 39.2. The van der Waals surface area contributed by atoms with Crippen molar-refractivity contribution in [2.24, 2.45) is 5.73 Å². The molecule has 2 N–H and O–H groups in total. The molecule has 0 saturated carbocycles. The first-order valence-corrected chi connectivity index (χ1v) is 6.04. The summed E-state index contributed by atoms with van der Waals surface area (Å²) in [5, 5.41) is 0. The molecule has 1 aromatic carbocycles. The number of benzene rings is 1. The molecule has 1 heterocycles. The van der Waals surface area contributed by atoms with E-state index in [1.165, 1.54) is 17.9 Å². The summed E-state index contributed by atoms with van der Waals surface area (Å²) >= 11 is 0. The number of nitrogens with two attached hydrogens (primary N) is 1. The number of halogens is 3. The van der Waals surface area contributed by atoms with Crippen molar-refractivity contribution in [2.75, 3.05) is 18.0 Å². The van der Waals surface area contributed by atoms with E-state index < -0.39 is 11.7 Å². The summed E-state index contributed by atoms with van der Waals surface area (Å²) in [4.78, 5) is 12.8. The van der Waals surface area contributed by atoms with Gasteiger partial charge >= 0.3 is 6.18 Å². The number of alkyl halides is 3. The van der Waals surface area contributed by atoms with Gasteiger partial charge in [-0.1, -0.05) is 12.1 Å². The van der Waals surface area contributed by atoms with Crippen molar-refractivity contribution in [1.29, 1.82) is 0 Å². The fourth-order valence-electron chi connectivity index (χ4n) is 2.53. The standard InChI is InChI=1S/C13H15F3N2O/c1-8(19)18-6-5-9(7-17)10-3-2-4-11(12(10)18)13(14,15)16/h2-4,9H,5-7,17H2,1H3. The van der Waals surface area contributed by atoms with Gasteiger partial charge < -0.3 is 10.6 Å². The Hall–Kier alpha value is -1.56. The minimum atomic E-state index is -4.48. The van der Waals surface area contributed by atoms with E-state index in [1.807, 2.05) is 0 Å². The van der Waals surface area contributed by atoms with E-state index >= 15 is 0 Å². The number of carbonyl (C=O) groups excluding carboxylic acids is 1. The Morgan fingerprint density at radius 1 is 1.47 bits per heavy atom. The quantitative estimate of drug-likeness (QED) is 0.853. The van der Waals surface area contributed by atoms with Crippen LogP contribution in [-0.2, 0) is 11.0 Å². The number of carbonyl (C=O) groups is 1. The summed E-state index contributed by atoms with van der Waals surface area (Å²) in [7, 11) is 0. The summed E-state index contributed by atoms with van der Waals surface area (Å²) in [6, 6.07) is 4.00. The molecule has 6 heteroatoms. The second kappa shape index (κ2) is 4.85. The summed E-state index contributed by atoms with van der Waals surface area (Å²) in [5.41, 5.74) is 5.34. The molecule has 1 aromatic rings. The van der Waals surface area contributed by atoms with Crippen LogP contribution >= 0.6 is 0 Å². The smallest absolute Gasteiger partial charge is 0.330 e. The van der Waals surface area contributed by atoms with Gasteiger partial charge in [-0.25, -0.2) is 0 Å². The van der Waals surface area contributed by atoms with Crippen LogP contribution in [0.15, 0.2) is 18.2 Å². The molecule has 0 aromatic heterocycles. The molecule has 104 valence electrons. The van der Waals surface area contributed by atoms with Crippen LogP contribution in [0.5, 0.6) is 0 Å². The molecule has 0 spiro atoms. The molecule has 19 heavy (non-hydrogen) atoms. The summed E-state index contributed by atoms with van der Waals surface area (Å²) in [6.45, 7) is 1.83. The lowest BCUT2D eigenvalue weighted by Crippen LogP contribution is -2.38. The number of para-hydroxylation sites is 1. The predicted octanol–water partition coefficient (Wildman–Crippen LogP) is 2.50. The first-order valence-electron chi connectivity index (χ1n) is 6.04. The Labute approximate surface area is 109 Å². The van der Waals surface area contributed by atoms with Crippen molar-refractivity contribution >= 4 is 11.6 Å². The zero-order valence-corrected chi connectivity index (χ0v) is 10.5. The molecule has 2 rings (SSSR count). The number of anilines is 1. The zero-order chi connectivity index (χ0) is 14.2. The Morgan fingerprint density at radius 2 is 2.16 bits per heavy atom. The van der Waals surface area contributed by atoms with Crippen LogP contribution in [0.1, 0.15) is 30.4 Å². The van der Waals surface area contributed by atoms with Gasteiger partial charge in [-0.3, -0.25) is 4.79 Å². The number of nitrogens with zero attached hydrogens (tertiary/aromatic N) is 1. The number of hydrogen-bond donors (Lipinski definition) is 1. The maximum Gasteiger partial charge on any atom is 0.418 e. The SMILES string of the molecule is CC(=O)N1CCC(CN)c2cccc(C(F)(F)F)c21. The average Bonchev–Trinajstić information content (AvgIpc) is 2.35. The molecule has 1 amide bonds. The molecule has 1 aliphatic rings. The molecule has 1 aliphatic heterocycles. The molecule has 1 atom stereocenters. The van der Waals surface area contributed by atoms with Crippen LogP contribution < -0.4 is 10.6 Å². The zero-order valence-electron chi connectivity index (χ0n) is 10.5. The Bertz CT molecular complexity index is 499. The monoisotopic (exact) mass is 272 g/mol. The average molecular weight is 272 g/mol. The number of amides is 1. The van der Waals surface area contributed by atoms with Crippen LogP contribution in [-0.4, -0.2) is 19.0 Å². The van der Waals surface area contributed by atoms with Gasteiger partial charge in [0.15, 0.2) is 0 Å². The van der Waals surface area contributed by atoms with Gasteiger partial charge in [0, 0.05) is 13.5 Å². The van der Waals surface area contributed by atoms with Crippen LogP contribution in [0.4, 0.5) is 18.9 Å². The molecule has 0 radical (unpaired) electrons. The van der Waals surface area contributed by atoms with Crippen LogP contribution in [0.2, 0.25) is 0 Å². The van der Waals surface area contributed by atoms with E-state index in [-0.39, 0.29) is 30.6 Å². The highest BCUT2D eigenvalue weighted by molar-refractivity contribution is 5.94. The van der Waals surface area contributed by atoms with Crippen molar-refractivity contribution in [2.45, 2.75) is 25.4 Å². The lowest BCUT2D eigenvalue weighted by atomic mass is 9.87. The molecule has 0 aliphatic carbocycles. The third kappa shape index (κ3) is 2.45. The van der Waals surface area contributed by atoms with Gasteiger partial charge in [0.05, 0.1) is 11.3 Å². The Balaban J connectivity index is 2.65. The Morgan fingerprint density at radius 3 is 2.68 bits per heavy atom. The molecule has 1 unspecified atom stereocenters. The number of hydrogen-bond acceptors (Lipinski definition) is 2. The molecule has 0 fully saturated rings. The molecular formula is C13H15F3N2O. The van der Waals surface area contributed by atoms with Gasteiger partial charge in [0.25, 0.3) is 0 Å². The fourth-order valence-corrected chi connectivity index (χ4v) is 2.53. The lowest BCUT2D eigenvalue weighted by molar-refractivity contribution is -0.137. The highest BCUT2D eigenvalue weighted by Crippen LogP contribution is 2.43. The highest BCUT2D eigenvalue weighted by atomic mass is 19.4. The number of fused-ring (bicyclic) bond motifs is 1.